The predicted octanol–water partition coefficient (Wildman–Crippen LogP) is 2.75. The van der Waals surface area contributed by atoms with Gasteiger partial charge in [0, 0.05) is 10.7 Å². The monoisotopic (exact) mass is 248 g/mol. The average Bonchev–Trinajstić information content (AvgIpc) is 2.06. The Hall–Kier alpha value is -0.740. The summed E-state index contributed by atoms with van der Waals surface area (Å²) in [6, 6.07) is 2.85. The maximum atomic E-state index is 11.3. The minimum Gasteiger partial charge on any atom is -0.508 e. The summed E-state index contributed by atoms with van der Waals surface area (Å²) in [5.74, 6) is 0.0720. The Bertz CT molecular complexity index is 478. The number of aryl methyl sites for hydroxylation is 1. The number of benzene rings is 1. The molecule has 0 aliphatic rings. The zero-order valence-corrected chi connectivity index (χ0v) is 10.4. The van der Waals surface area contributed by atoms with E-state index in [9.17, 15) is 13.5 Å². The van der Waals surface area contributed by atoms with Gasteiger partial charge in [0.15, 0.2) is 0 Å². The van der Waals surface area contributed by atoms with Gasteiger partial charge >= 0.3 is 0 Å². The summed E-state index contributed by atoms with van der Waals surface area (Å²) < 4.78 is 22.6. The largest absolute Gasteiger partial charge is 0.508 e. The van der Waals surface area contributed by atoms with E-state index in [2.05, 4.69) is 0 Å². The maximum absolute atomic E-state index is 11.3. The third-order valence-corrected chi connectivity index (χ3v) is 3.59. The van der Waals surface area contributed by atoms with Gasteiger partial charge in [0.05, 0.1) is 4.90 Å². The molecule has 1 rings (SSSR count). The first-order chi connectivity index (χ1) is 6.73. The van der Waals surface area contributed by atoms with Crippen LogP contribution in [0.3, 0.4) is 0 Å². The van der Waals surface area contributed by atoms with Crippen LogP contribution >= 0.6 is 10.7 Å². The summed E-state index contributed by atoms with van der Waals surface area (Å²) in [5, 5.41) is 9.50. The van der Waals surface area contributed by atoms with Crippen LogP contribution < -0.4 is 0 Å². The second-order valence-corrected chi connectivity index (χ2v) is 6.30. The van der Waals surface area contributed by atoms with E-state index in [1.54, 1.807) is 6.92 Å². The minimum atomic E-state index is -3.76. The lowest BCUT2D eigenvalue weighted by Gasteiger charge is -2.12. The summed E-state index contributed by atoms with van der Waals surface area (Å²) >= 11 is 0. The lowest BCUT2D eigenvalue weighted by Crippen LogP contribution is -2.00. The molecular weight excluding hydrogens is 236 g/mol. The van der Waals surface area contributed by atoms with Crippen LogP contribution in [0.5, 0.6) is 5.75 Å². The first-order valence-electron chi connectivity index (χ1n) is 4.51. The van der Waals surface area contributed by atoms with E-state index >= 15 is 0 Å². The molecule has 0 fully saturated rings. The number of hydrogen-bond donors (Lipinski definition) is 1. The van der Waals surface area contributed by atoms with E-state index in [-0.39, 0.29) is 16.6 Å². The van der Waals surface area contributed by atoms with Gasteiger partial charge < -0.3 is 5.11 Å². The Morgan fingerprint density at radius 3 is 2.27 bits per heavy atom. The molecule has 0 saturated carbocycles. The first kappa shape index (κ1) is 12.3. The number of rotatable bonds is 2. The molecule has 1 aromatic rings. The number of phenols is 1. The summed E-state index contributed by atoms with van der Waals surface area (Å²) in [7, 11) is 1.57. The summed E-state index contributed by atoms with van der Waals surface area (Å²) in [5.41, 5.74) is 1.03. The van der Waals surface area contributed by atoms with Crippen molar-refractivity contribution in [3.63, 3.8) is 0 Å². The van der Waals surface area contributed by atoms with Gasteiger partial charge in [-0.05, 0) is 36.1 Å². The van der Waals surface area contributed by atoms with Crippen LogP contribution in [0, 0.1) is 6.92 Å². The second-order valence-electron chi connectivity index (χ2n) is 3.77. The zero-order chi connectivity index (χ0) is 11.8. The zero-order valence-electron chi connectivity index (χ0n) is 8.78. The molecule has 0 spiro atoms. The van der Waals surface area contributed by atoms with Crippen LogP contribution in [0.4, 0.5) is 0 Å². The van der Waals surface area contributed by atoms with Gasteiger partial charge in [-0.2, -0.15) is 0 Å². The fraction of sp³-hybridized carbons (Fsp3) is 0.400. The molecule has 0 amide bonds. The van der Waals surface area contributed by atoms with Crippen LogP contribution in [0.25, 0.3) is 0 Å². The molecule has 0 bridgehead atoms. The molecule has 0 radical (unpaired) electrons. The van der Waals surface area contributed by atoms with E-state index in [0.717, 1.165) is 0 Å². The van der Waals surface area contributed by atoms with E-state index in [4.69, 9.17) is 10.7 Å². The topological polar surface area (TPSA) is 54.4 Å². The number of halogens is 1. The number of aromatic hydroxyl groups is 1. The highest BCUT2D eigenvalue weighted by molar-refractivity contribution is 8.13. The predicted molar refractivity (Wildman–Crippen MR) is 60.0 cm³/mol. The van der Waals surface area contributed by atoms with Gasteiger partial charge in [0.1, 0.15) is 5.75 Å². The molecule has 84 valence electrons. The van der Waals surface area contributed by atoms with E-state index in [1.807, 2.05) is 13.8 Å². The third-order valence-electron chi connectivity index (χ3n) is 2.21. The first-order valence-corrected chi connectivity index (χ1v) is 6.82. The Labute approximate surface area is 94.1 Å². The molecule has 3 nitrogen and oxygen atoms in total. The molecule has 0 heterocycles. The second kappa shape index (κ2) is 4.02. The van der Waals surface area contributed by atoms with Crippen molar-refractivity contribution in [1.82, 2.24) is 0 Å². The fourth-order valence-corrected chi connectivity index (χ4v) is 2.64. The molecule has 0 aromatic heterocycles. The van der Waals surface area contributed by atoms with Crippen molar-refractivity contribution in [2.75, 3.05) is 0 Å². The van der Waals surface area contributed by atoms with Gasteiger partial charge in [-0.15, -0.1) is 0 Å². The molecule has 1 N–H and O–H groups in total. The standard InChI is InChI=1S/C10H13ClO3S/c1-6(2)8-5-9(12)7(3)4-10(8)15(11,13)14/h4-6,12H,1-3H3. The van der Waals surface area contributed by atoms with E-state index in [0.29, 0.717) is 11.1 Å². The molecule has 0 unspecified atom stereocenters. The highest BCUT2D eigenvalue weighted by Crippen LogP contribution is 2.31. The van der Waals surface area contributed by atoms with Gasteiger partial charge in [0.25, 0.3) is 9.05 Å². The van der Waals surface area contributed by atoms with E-state index in [1.165, 1.54) is 12.1 Å². The van der Waals surface area contributed by atoms with Crippen LogP contribution in [-0.2, 0) is 9.05 Å². The molecule has 15 heavy (non-hydrogen) atoms. The SMILES string of the molecule is Cc1cc(S(=O)(=O)Cl)c(C(C)C)cc1O. The van der Waals surface area contributed by atoms with Crippen molar-refractivity contribution in [3.8, 4) is 5.75 Å². The van der Waals surface area contributed by atoms with Crippen LogP contribution in [0.2, 0.25) is 0 Å². The van der Waals surface area contributed by atoms with Crippen molar-refractivity contribution in [2.45, 2.75) is 31.6 Å². The Morgan fingerprint density at radius 2 is 1.87 bits per heavy atom. The van der Waals surface area contributed by atoms with Crippen molar-refractivity contribution >= 4 is 19.7 Å². The quantitative estimate of drug-likeness (QED) is 0.819. The maximum Gasteiger partial charge on any atom is 0.261 e. The Morgan fingerprint density at radius 1 is 1.33 bits per heavy atom. The molecule has 5 heteroatoms. The van der Waals surface area contributed by atoms with Crippen molar-refractivity contribution in [3.05, 3.63) is 23.3 Å². The van der Waals surface area contributed by atoms with Gasteiger partial charge in [-0.3, -0.25) is 0 Å². The van der Waals surface area contributed by atoms with Crippen molar-refractivity contribution < 1.29 is 13.5 Å². The normalized spacial score (nSPS) is 12.1. The Kier molecular flexibility index (Phi) is 3.31. The highest BCUT2D eigenvalue weighted by atomic mass is 35.7. The summed E-state index contributed by atoms with van der Waals surface area (Å²) in [4.78, 5) is 0.0782. The Balaban J connectivity index is 3.56. The molecule has 1 aromatic carbocycles. The molecular formula is C10H13ClO3S. The van der Waals surface area contributed by atoms with Crippen LogP contribution in [0.1, 0.15) is 30.9 Å². The number of hydrogen-bond acceptors (Lipinski definition) is 3. The molecule has 0 atom stereocenters. The lowest BCUT2D eigenvalue weighted by atomic mass is 10.0. The fourth-order valence-electron chi connectivity index (χ4n) is 1.35. The lowest BCUT2D eigenvalue weighted by molar-refractivity contribution is 0.469. The minimum absolute atomic E-state index is 0.0139. The summed E-state index contributed by atoms with van der Waals surface area (Å²) in [6.07, 6.45) is 0. The van der Waals surface area contributed by atoms with E-state index < -0.39 is 9.05 Å². The van der Waals surface area contributed by atoms with Crippen LogP contribution in [0.15, 0.2) is 17.0 Å². The summed E-state index contributed by atoms with van der Waals surface area (Å²) in [6.45, 7) is 5.32. The average molecular weight is 249 g/mol. The molecule has 0 aliphatic carbocycles. The van der Waals surface area contributed by atoms with Crippen molar-refractivity contribution in [1.29, 1.82) is 0 Å². The molecule has 0 aliphatic heterocycles. The highest BCUT2D eigenvalue weighted by Gasteiger charge is 2.19. The van der Waals surface area contributed by atoms with Crippen molar-refractivity contribution in [2.24, 2.45) is 0 Å². The van der Waals surface area contributed by atoms with Gasteiger partial charge in [-0.1, -0.05) is 13.8 Å². The third kappa shape index (κ3) is 2.63. The van der Waals surface area contributed by atoms with Crippen LogP contribution in [-0.4, -0.2) is 13.5 Å². The molecule has 0 saturated heterocycles. The van der Waals surface area contributed by atoms with Gasteiger partial charge in [-0.25, -0.2) is 8.42 Å². The number of phenolic OH excluding ortho intramolecular Hbond substituents is 1. The smallest absolute Gasteiger partial charge is 0.261 e. The van der Waals surface area contributed by atoms with Gasteiger partial charge in [0.2, 0.25) is 0 Å².